The van der Waals surface area contributed by atoms with Gasteiger partial charge < -0.3 is 15.4 Å². The van der Waals surface area contributed by atoms with Gasteiger partial charge in [-0.2, -0.15) is 0 Å². The molecule has 2 rings (SSSR count). The summed E-state index contributed by atoms with van der Waals surface area (Å²) in [4.78, 5) is 20.9. The number of carbonyl (C=O) groups is 1. The van der Waals surface area contributed by atoms with Crippen LogP contribution in [-0.4, -0.2) is 40.7 Å². The molecule has 1 amide bonds. The lowest BCUT2D eigenvalue weighted by Gasteiger charge is -2.30. The first-order valence-corrected chi connectivity index (χ1v) is 8.33. The fraction of sp³-hybridized carbons (Fsp3) is 0.421. The van der Waals surface area contributed by atoms with Gasteiger partial charge in [-0.3, -0.25) is 4.79 Å². The lowest BCUT2D eigenvalue weighted by molar-refractivity contribution is -0.127. The average molecular weight is 342 g/mol. The van der Waals surface area contributed by atoms with E-state index in [2.05, 4.69) is 20.6 Å². The second kappa shape index (κ2) is 8.07. The van der Waals surface area contributed by atoms with Gasteiger partial charge in [-0.15, -0.1) is 0 Å². The van der Waals surface area contributed by atoms with Crippen LogP contribution >= 0.6 is 0 Å². The van der Waals surface area contributed by atoms with Crippen molar-refractivity contribution in [3.8, 4) is 11.1 Å². The van der Waals surface area contributed by atoms with Gasteiger partial charge in [-0.1, -0.05) is 30.3 Å². The Labute approximate surface area is 149 Å². The smallest absolute Gasteiger partial charge is 0.245 e. The molecular weight excluding hydrogens is 316 g/mol. The summed E-state index contributed by atoms with van der Waals surface area (Å²) >= 11 is 0. The van der Waals surface area contributed by atoms with Crippen LogP contribution in [-0.2, 0) is 9.53 Å². The van der Waals surface area contributed by atoms with E-state index in [1.54, 1.807) is 19.4 Å². The van der Waals surface area contributed by atoms with Gasteiger partial charge in [-0.25, -0.2) is 9.97 Å². The summed E-state index contributed by atoms with van der Waals surface area (Å²) in [6, 6.07) is 9.30. The molecule has 25 heavy (non-hydrogen) atoms. The third-order valence-electron chi connectivity index (χ3n) is 3.58. The number of carbonyl (C=O) groups excluding carboxylic acids is 1. The highest BCUT2D eigenvalue weighted by Crippen LogP contribution is 2.19. The maximum atomic E-state index is 12.2. The zero-order chi connectivity index (χ0) is 18.4. The molecule has 2 N–H and O–H groups in total. The molecule has 0 unspecified atom stereocenters. The minimum Gasteiger partial charge on any atom is -0.370 e. The number of hydrogen-bond acceptors (Lipinski definition) is 5. The molecule has 0 spiro atoms. The Morgan fingerprint density at radius 3 is 2.20 bits per heavy atom. The predicted octanol–water partition coefficient (Wildman–Crippen LogP) is 2.87. The summed E-state index contributed by atoms with van der Waals surface area (Å²) in [6.07, 6.45) is 3.12. The van der Waals surface area contributed by atoms with E-state index in [-0.39, 0.29) is 17.6 Å². The summed E-state index contributed by atoms with van der Waals surface area (Å²) in [7, 11) is 1.60. The third kappa shape index (κ3) is 5.53. The van der Waals surface area contributed by atoms with Crippen LogP contribution in [0.2, 0.25) is 0 Å². The van der Waals surface area contributed by atoms with Gasteiger partial charge >= 0.3 is 0 Å². The van der Waals surface area contributed by atoms with Crippen LogP contribution in [0.5, 0.6) is 0 Å². The van der Waals surface area contributed by atoms with Crippen LogP contribution in [0, 0.1) is 0 Å². The molecular formula is C19H26N4O2. The van der Waals surface area contributed by atoms with E-state index in [1.807, 2.05) is 58.0 Å². The molecule has 6 heteroatoms. The van der Waals surface area contributed by atoms with E-state index in [1.165, 1.54) is 0 Å². The highest BCUT2D eigenvalue weighted by molar-refractivity contribution is 5.84. The molecule has 0 saturated carbocycles. The molecule has 0 saturated heterocycles. The van der Waals surface area contributed by atoms with Crippen LogP contribution in [0.1, 0.15) is 27.7 Å². The van der Waals surface area contributed by atoms with E-state index in [0.29, 0.717) is 5.95 Å². The second-order valence-corrected chi connectivity index (χ2v) is 6.83. The van der Waals surface area contributed by atoms with Crippen LogP contribution < -0.4 is 10.6 Å². The first kappa shape index (κ1) is 18.9. The Morgan fingerprint density at radius 1 is 1.08 bits per heavy atom. The van der Waals surface area contributed by atoms with Gasteiger partial charge in [0.05, 0.1) is 11.7 Å². The maximum absolute atomic E-state index is 12.2. The third-order valence-corrected chi connectivity index (χ3v) is 3.58. The summed E-state index contributed by atoms with van der Waals surface area (Å²) in [5.41, 5.74) is 1.61. The van der Waals surface area contributed by atoms with Gasteiger partial charge in [0.2, 0.25) is 11.9 Å². The molecule has 0 aliphatic rings. The Morgan fingerprint density at radius 2 is 1.68 bits per heavy atom. The van der Waals surface area contributed by atoms with Crippen LogP contribution in [0.15, 0.2) is 42.7 Å². The first-order valence-electron chi connectivity index (χ1n) is 8.33. The topological polar surface area (TPSA) is 76.1 Å². The van der Waals surface area contributed by atoms with Gasteiger partial charge in [0.25, 0.3) is 0 Å². The van der Waals surface area contributed by atoms with Crippen molar-refractivity contribution in [2.75, 3.05) is 12.4 Å². The van der Waals surface area contributed by atoms with Crippen molar-refractivity contribution in [1.29, 1.82) is 0 Å². The fourth-order valence-corrected chi connectivity index (χ4v) is 2.50. The summed E-state index contributed by atoms with van der Waals surface area (Å²) < 4.78 is 5.91. The Bertz CT molecular complexity index is 681. The highest BCUT2D eigenvalue weighted by atomic mass is 16.5. The number of hydrogen-bond donors (Lipinski definition) is 2. The molecule has 0 bridgehead atoms. The largest absolute Gasteiger partial charge is 0.370 e. The number of aromatic nitrogens is 2. The number of nitrogens with one attached hydrogen (secondary N) is 2. The molecule has 1 aromatic carbocycles. The Balaban J connectivity index is 2.14. The molecule has 0 radical (unpaired) electrons. The SMILES string of the molecule is CNC(=O)[C@@H](Nc1ncc(-c2ccccc2)cn1)[C@@H](C)OC(C)(C)C. The number of rotatable bonds is 6. The van der Waals surface area contributed by atoms with Crippen molar-refractivity contribution in [2.24, 2.45) is 0 Å². The number of ether oxygens (including phenoxy) is 1. The number of anilines is 1. The van der Waals surface area contributed by atoms with Crippen LogP contribution in [0.4, 0.5) is 5.95 Å². The average Bonchev–Trinajstić information content (AvgIpc) is 2.58. The van der Waals surface area contributed by atoms with E-state index in [4.69, 9.17) is 4.74 Å². The van der Waals surface area contributed by atoms with Crippen molar-refractivity contribution in [3.63, 3.8) is 0 Å². The van der Waals surface area contributed by atoms with E-state index in [9.17, 15) is 4.79 Å². The predicted molar refractivity (Wildman–Crippen MR) is 99.2 cm³/mol. The number of amides is 1. The number of likely N-dealkylation sites (N-methyl/N-ethyl adjacent to an activating group) is 1. The summed E-state index contributed by atoms with van der Waals surface area (Å²) in [5.74, 6) is 0.213. The van der Waals surface area contributed by atoms with E-state index < -0.39 is 6.04 Å². The lowest BCUT2D eigenvalue weighted by atomic mass is 10.1. The zero-order valence-electron chi connectivity index (χ0n) is 15.4. The van der Waals surface area contributed by atoms with Crippen LogP contribution in [0.3, 0.4) is 0 Å². The molecule has 6 nitrogen and oxygen atoms in total. The first-order chi connectivity index (χ1) is 11.8. The van der Waals surface area contributed by atoms with E-state index in [0.717, 1.165) is 11.1 Å². The van der Waals surface area contributed by atoms with Crippen molar-refractivity contribution in [3.05, 3.63) is 42.7 Å². The summed E-state index contributed by atoms with van der Waals surface area (Å²) in [6.45, 7) is 7.72. The van der Waals surface area contributed by atoms with Crippen molar-refractivity contribution >= 4 is 11.9 Å². The van der Waals surface area contributed by atoms with Gasteiger partial charge in [-0.05, 0) is 33.3 Å². The molecule has 134 valence electrons. The van der Waals surface area contributed by atoms with Gasteiger partial charge in [0.1, 0.15) is 6.04 Å². The van der Waals surface area contributed by atoms with Gasteiger partial charge in [0, 0.05) is 25.0 Å². The molecule has 0 aliphatic heterocycles. The highest BCUT2D eigenvalue weighted by Gasteiger charge is 2.29. The Kier molecular flexibility index (Phi) is 6.09. The minimum absolute atomic E-state index is 0.174. The molecule has 1 heterocycles. The molecule has 2 atom stereocenters. The van der Waals surface area contributed by atoms with Crippen molar-refractivity contribution in [2.45, 2.75) is 45.4 Å². The zero-order valence-corrected chi connectivity index (χ0v) is 15.4. The maximum Gasteiger partial charge on any atom is 0.245 e. The molecule has 1 aromatic heterocycles. The summed E-state index contributed by atoms with van der Waals surface area (Å²) in [5, 5.41) is 5.72. The molecule has 0 aliphatic carbocycles. The van der Waals surface area contributed by atoms with Gasteiger partial charge in [0.15, 0.2) is 0 Å². The fourth-order valence-electron chi connectivity index (χ4n) is 2.50. The van der Waals surface area contributed by atoms with Crippen LogP contribution in [0.25, 0.3) is 11.1 Å². The Hall–Kier alpha value is -2.47. The normalized spacial score (nSPS) is 13.8. The molecule has 2 aromatic rings. The monoisotopic (exact) mass is 342 g/mol. The molecule has 0 fully saturated rings. The van der Waals surface area contributed by atoms with Crippen molar-refractivity contribution in [1.82, 2.24) is 15.3 Å². The van der Waals surface area contributed by atoms with E-state index >= 15 is 0 Å². The quantitative estimate of drug-likeness (QED) is 0.844. The standard InChI is InChI=1S/C19H26N4O2/c1-13(25-19(2,3)4)16(17(24)20-5)23-18-21-11-15(12-22-18)14-9-7-6-8-10-14/h6-13,16H,1-5H3,(H,20,24)(H,21,22,23)/t13-,16+/m1/s1. The number of benzene rings is 1. The second-order valence-electron chi connectivity index (χ2n) is 6.83. The number of nitrogens with zero attached hydrogens (tertiary/aromatic N) is 2. The lowest BCUT2D eigenvalue weighted by Crippen LogP contribution is -2.48. The van der Waals surface area contributed by atoms with Crippen molar-refractivity contribution < 1.29 is 9.53 Å². The minimum atomic E-state index is -0.591.